The summed E-state index contributed by atoms with van der Waals surface area (Å²) in [6.45, 7) is 1.06. The number of H-pyrrole nitrogens is 1. The van der Waals surface area contributed by atoms with Gasteiger partial charge in [0.05, 0.1) is 16.1 Å². The van der Waals surface area contributed by atoms with Crippen molar-refractivity contribution in [2.45, 2.75) is 12.8 Å². The van der Waals surface area contributed by atoms with Crippen molar-refractivity contribution in [3.63, 3.8) is 0 Å². The monoisotopic (exact) mass is 413 g/mol. The fourth-order valence-electron chi connectivity index (χ4n) is 4.00. The maximum Gasteiger partial charge on any atom is 0.255 e. The number of halogens is 2. The molecule has 150 valence electrons. The zero-order valence-electron chi connectivity index (χ0n) is 16.0. The summed E-state index contributed by atoms with van der Waals surface area (Å²) in [4.78, 5) is 29.8. The van der Waals surface area contributed by atoms with E-state index in [1.54, 1.807) is 42.4 Å². The number of likely N-dealkylation sites (tertiary alicyclic amines) is 1. The molecule has 0 unspecified atom stereocenters. The third-order valence-corrected chi connectivity index (χ3v) is 5.89. The van der Waals surface area contributed by atoms with Crippen molar-refractivity contribution in [3.8, 4) is 11.1 Å². The van der Waals surface area contributed by atoms with E-state index in [1.807, 2.05) is 6.07 Å². The van der Waals surface area contributed by atoms with Gasteiger partial charge in [0, 0.05) is 43.2 Å². The van der Waals surface area contributed by atoms with Gasteiger partial charge in [0.25, 0.3) is 5.91 Å². The minimum absolute atomic E-state index is 0.0248. The molecule has 1 aliphatic rings. The third kappa shape index (κ3) is 3.49. The van der Waals surface area contributed by atoms with Crippen molar-refractivity contribution in [1.82, 2.24) is 15.2 Å². The Morgan fingerprint density at radius 1 is 1.14 bits per heavy atom. The molecule has 0 atom stereocenters. The van der Waals surface area contributed by atoms with Gasteiger partial charge in [-0.25, -0.2) is 4.39 Å². The second kappa shape index (κ2) is 7.87. The predicted molar refractivity (Wildman–Crippen MR) is 111 cm³/mol. The summed E-state index contributed by atoms with van der Waals surface area (Å²) in [5.74, 6) is -0.600. The number of carbonyl (C=O) groups is 2. The number of rotatable bonds is 3. The highest BCUT2D eigenvalue weighted by molar-refractivity contribution is 6.31. The SMILES string of the molecule is CNC(=O)C1CCN(C(=O)c2ccc(-c3cccc(Cl)c3F)c3cc[nH]c23)CC1. The smallest absolute Gasteiger partial charge is 0.255 e. The van der Waals surface area contributed by atoms with Gasteiger partial charge in [-0.3, -0.25) is 9.59 Å². The van der Waals surface area contributed by atoms with Gasteiger partial charge in [0.15, 0.2) is 0 Å². The molecule has 0 bridgehead atoms. The fourth-order valence-corrected chi connectivity index (χ4v) is 4.18. The number of piperidine rings is 1. The van der Waals surface area contributed by atoms with Crippen molar-refractivity contribution < 1.29 is 14.0 Å². The molecular weight excluding hydrogens is 393 g/mol. The molecule has 29 heavy (non-hydrogen) atoms. The van der Waals surface area contributed by atoms with Crippen LogP contribution in [0.1, 0.15) is 23.2 Å². The van der Waals surface area contributed by atoms with E-state index >= 15 is 0 Å². The van der Waals surface area contributed by atoms with Crippen molar-refractivity contribution in [2.75, 3.05) is 20.1 Å². The van der Waals surface area contributed by atoms with Gasteiger partial charge in [0.2, 0.25) is 5.91 Å². The first-order valence-electron chi connectivity index (χ1n) is 9.56. The highest BCUT2D eigenvalue weighted by Crippen LogP contribution is 2.34. The minimum Gasteiger partial charge on any atom is -0.361 e. The third-order valence-electron chi connectivity index (χ3n) is 5.59. The summed E-state index contributed by atoms with van der Waals surface area (Å²) in [5.41, 5.74) is 2.28. The standard InChI is InChI=1S/C22H21ClFN3O2/c1-25-21(28)13-8-11-27(12-9-13)22(29)17-6-5-14(16-7-10-26-20(16)17)15-3-2-4-18(23)19(15)24/h2-7,10,13,26H,8-9,11-12H2,1H3,(H,25,28). The summed E-state index contributed by atoms with van der Waals surface area (Å²) in [7, 11) is 1.63. The lowest BCUT2D eigenvalue weighted by molar-refractivity contribution is -0.125. The second-order valence-electron chi connectivity index (χ2n) is 7.21. The van der Waals surface area contributed by atoms with E-state index in [1.165, 1.54) is 6.07 Å². The molecular formula is C22H21ClFN3O2. The quantitative estimate of drug-likeness (QED) is 0.675. The van der Waals surface area contributed by atoms with Crippen molar-refractivity contribution in [1.29, 1.82) is 0 Å². The van der Waals surface area contributed by atoms with Crippen LogP contribution in [0.15, 0.2) is 42.6 Å². The lowest BCUT2D eigenvalue weighted by Crippen LogP contribution is -2.42. The zero-order valence-corrected chi connectivity index (χ0v) is 16.7. The van der Waals surface area contributed by atoms with Crippen LogP contribution in [0.3, 0.4) is 0 Å². The largest absolute Gasteiger partial charge is 0.361 e. The van der Waals surface area contributed by atoms with Crippen molar-refractivity contribution >= 4 is 34.3 Å². The Morgan fingerprint density at radius 2 is 1.90 bits per heavy atom. The first-order valence-corrected chi connectivity index (χ1v) is 9.94. The van der Waals surface area contributed by atoms with Crippen molar-refractivity contribution in [2.24, 2.45) is 5.92 Å². The van der Waals surface area contributed by atoms with Crippen molar-refractivity contribution in [3.05, 3.63) is 59.0 Å². The van der Waals surface area contributed by atoms with Crippen LogP contribution in [0.2, 0.25) is 5.02 Å². The number of amides is 2. The Morgan fingerprint density at radius 3 is 2.62 bits per heavy atom. The minimum atomic E-state index is -0.480. The summed E-state index contributed by atoms with van der Waals surface area (Å²) < 4.78 is 14.6. The molecule has 0 saturated carbocycles. The van der Waals surface area contributed by atoms with Crippen LogP contribution in [0.4, 0.5) is 4.39 Å². The molecule has 3 aromatic rings. The van der Waals surface area contributed by atoms with Crippen LogP contribution in [0.5, 0.6) is 0 Å². The molecule has 4 rings (SSSR count). The lowest BCUT2D eigenvalue weighted by Gasteiger charge is -2.31. The molecule has 1 aromatic heterocycles. The van der Waals surface area contributed by atoms with Crippen LogP contribution in [0.25, 0.3) is 22.0 Å². The molecule has 0 aliphatic carbocycles. The summed E-state index contributed by atoms with van der Waals surface area (Å²) >= 11 is 5.94. The van der Waals surface area contributed by atoms with Crippen LogP contribution >= 0.6 is 11.6 Å². The molecule has 5 nitrogen and oxygen atoms in total. The normalized spacial score (nSPS) is 14.9. The van der Waals surface area contributed by atoms with Crippen LogP contribution in [-0.4, -0.2) is 41.8 Å². The van der Waals surface area contributed by atoms with Gasteiger partial charge >= 0.3 is 0 Å². The number of hydrogen-bond donors (Lipinski definition) is 2. The summed E-state index contributed by atoms with van der Waals surface area (Å²) in [6.07, 6.45) is 3.03. The maximum absolute atomic E-state index is 14.6. The molecule has 2 N–H and O–H groups in total. The van der Waals surface area contributed by atoms with E-state index in [4.69, 9.17) is 11.6 Å². The van der Waals surface area contributed by atoms with Crippen LogP contribution in [-0.2, 0) is 4.79 Å². The number of nitrogens with zero attached hydrogens (tertiary/aromatic N) is 1. The number of aromatic amines is 1. The molecule has 7 heteroatoms. The molecule has 1 saturated heterocycles. The Balaban J connectivity index is 1.65. The number of aromatic nitrogens is 1. The first-order chi connectivity index (χ1) is 14.0. The van der Waals surface area contributed by atoms with Gasteiger partial charge in [-0.15, -0.1) is 0 Å². The van der Waals surface area contributed by atoms with Gasteiger partial charge in [-0.1, -0.05) is 29.8 Å². The van der Waals surface area contributed by atoms with E-state index in [2.05, 4.69) is 10.3 Å². The van der Waals surface area contributed by atoms with Gasteiger partial charge in [-0.05, 0) is 36.6 Å². The Bertz CT molecular complexity index is 1090. The maximum atomic E-state index is 14.6. The predicted octanol–water partition coefficient (Wildman–Crippen LogP) is 4.23. The van der Waals surface area contributed by atoms with Gasteiger partial charge in [0.1, 0.15) is 5.82 Å². The second-order valence-corrected chi connectivity index (χ2v) is 7.62. The highest BCUT2D eigenvalue weighted by Gasteiger charge is 2.28. The Kier molecular flexibility index (Phi) is 5.28. The van der Waals surface area contributed by atoms with E-state index in [0.29, 0.717) is 48.1 Å². The zero-order chi connectivity index (χ0) is 20.5. The van der Waals surface area contributed by atoms with E-state index < -0.39 is 5.82 Å². The Hall–Kier alpha value is -2.86. The molecule has 1 fully saturated rings. The molecule has 2 aromatic carbocycles. The fraction of sp³-hybridized carbons (Fsp3) is 0.273. The van der Waals surface area contributed by atoms with Gasteiger partial charge < -0.3 is 15.2 Å². The molecule has 2 amide bonds. The molecule has 0 radical (unpaired) electrons. The Labute approximate surface area is 172 Å². The van der Waals surface area contributed by atoms with E-state index in [0.717, 1.165) is 5.39 Å². The number of nitrogens with one attached hydrogen (secondary N) is 2. The average molecular weight is 414 g/mol. The summed E-state index contributed by atoms with van der Waals surface area (Å²) in [5, 5.41) is 3.50. The topological polar surface area (TPSA) is 65.2 Å². The van der Waals surface area contributed by atoms with Crippen LogP contribution in [0, 0.1) is 11.7 Å². The first kappa shape index (κ1) is 19.5. The van der Waals surface area contributed by atoms with Crippen LogP contribution < -0.4 is 5.32 Å². The summed E-state index contributed by atoms with van der Waals surface area (Å²) in [6, 6.07) is 10.2. The molecule has 2 heterocycles. The number of benzene rings is 2. The lowest BCUT2D eigenvalue weighted by atomic mass is 9.94. The number of hydrogen-bond acceptors (Lipinski definition) is 2. The molecule has 0 spiro atoms. The van der Waals surface area contributed by atoms with E-state index in [9.17, 15) is 14.0 Å². The molecule has 1 aliphatic heterocycles. The average Bonchev–Trinajstić information content (AvgIpc) is 3.24. The number of carbonyl (C=O) groups excluding carboxylic acids is 2. The highest BCUT2D eigenvalue weighted by atomic mass is 35.5. The van der Waals surface area contributed by atoms with E-state index in [-0.39, 0.29) is 22.8 Å². The number of fused-ring (bicyclic) bond motifs is 1. The van der Waals surface area contributed by atoms with Gasteiger partial charge in [-0.2, -0.15) is 0 Å².